The second-order valence-electron chi connectivity index (χ2n) is 4.61. The van der Waals surface area contributed by atoms with Crippen LogP contribution in [0.3, 0.4) is 0 Å². The van der Waals surface area contributed by atoms with Crippen molar-refractivity contribution >= 4 is 23.1 Å². The number of nitrogens with zero attached hydrogens (tertiary/aromatic N) is 1. The quantitative estimate of drug-likeness (QED) is 0.614. The van der Waals surface area contributed by atoms with Crippen molar-refractivity contribution in [2.24, 2.45) is 0 Å². The van der Waals surface area contributed by atoms with Gasteiger partial charge < -0.3 is 10.1 Å². The number of nitro groups is 1. The smallest absolute Gasteiger partial charge is 0.311 e. The predicted molar refractivity (Wildman–Crippen MR) is 78.2 cm³/mol. The topological polar surface area (TPSA) is 64.4 Å². The van der Waals surface area contributed by atoms with E-state index < -0.39 is 4.92 Å². The van der Waals surface area contributed by atoms with Crippen LogP contribution in [-0.4, -0.2) is 29.1 Å². The number of hydrogen-bond acceptors (Lipinski definition) is 5. The number of ether oxygens (including phenoxy) is 1. The number of nitrogens with one attached hydrogen (secondary N) is 1. The molecule has 0 saturated heterocycles. The standard InChI is InChI=1S/C13H18N2O3S/c1-3-18-12-8-10(4-5-11(12)15(16)17)14-9-13(19-2)6-7-13/h4-5,8,14H,3,6-7,9H2,1-2H3. The maximum Gasteiger partial charge on any atom is 0.311 e. The molecule has 1 aliphatic rings. The highest BCUT2D eigenvalue weighted by molar-refractivity contribution is 8.00. The summed E-state index contributed by atoms with van der Waals surface area (Å²) < 4.78 is 5.68. The summed E-state index contributed by atoms with van der Waals surface area (Å²) in [5, 5.41) is 14.2. The molecule has 1 aromatic rings. The summed E-state index contributed by atoms with van der Waals surface area (Å²) in [6, 6.07) is 4.93. The molecule has 0 unspecified atom stereocenters. The highest BCUT2D eigenvalue weighted by Crippen LogP contribution is 2.47. The summed E-state index contributed by atoms with van der Waals surface area (Å²) in [4.78, 5) is 10.5. The van der Waals surface area contributed by atoms with Gasteiger partial charge in [-0.1, -0.05) is 0 Å². The van der Waals surface area contributed by atoms with Crippen LogP contribution in [0.15, 0.2) is 18.2 Å². The van der Waals surface area contributed by atoms with Crippen molar-refractivity contribution in [1.29, 1.82) is 0 Å². The summed E-state index contributed by atoms with van der Waals surface area (Å²) in [5.41, 5.74) is 0.882. The van der Waals surface area contributed by atoms with Crippen LogP contribution in [0.5, 0.6) is 5.75 Å². The van der Waals surface area contributed by atoms with Crippen molar-refractivity contribution in [3.8, 4) is 5.75 Å². The third kappa shape index (κ3) is 3.32. The lowest BCUT2D eigenvalue weighted by atomic mass is 10.2. The predicted octanol–water partition coefficient (Wildman–Crippen LogP) is 3.30. The Hall–Kier alpha value is -1.43. The number of rotatable bonds is 7. The second-order valence-corrected chi connectivity index (χ2v) is 5.89. The third-order valence-electron chi connectivity index (χ3n) is 3.31. The van der Waals surface area contributed by atoms with Crippen molar-refractivity contribution < 1.29 is 9.66 Å². The van der Waals surface area contributed by atoms with Gasteiger partial charge in [-0.3, -0.25) is 10.1 Å². The molecule has 1 N–H and O–H groups in total. The zero-order valence-electron chi connectivity index (χ0n) is 11.1. The summed E-state index contributed by atoms with van der Waals surface area (Å²) >= 11 is 1.88. The molecule has 0 amide bonds. The Morgan fingerprint density at radius 1 is 1.53 bits per heavy atom. The first kappa shape index (κ1) is 14.0. The highest BCUT2D eigenvalue weighted by atomic mass is 32.2. The minimum absolute atomic E-state index is 0.0124. The number of thioether (sulfide) groups is 1. The summed E-state index contributed by atoms with van der Waals surface area (Å²) in [6.45, 7) is 3.12. The average Bonchev–Trinajstić information content (AvgIpc) is 3.17. The molecule has 0 radical (unpaired) electrons. The van der Waals surface area contributed by atoms with E-state index in [2.05, 4.69) is 11.6 Å². The SMILES string of the molecule is CCOc1cc(NCC2(SC)CC2)ccc1[N+](=O)[O-]. The molecule has 2 rings (SSSR count). The summed E-state index contributed by atoms with van der Waals surface area (Å²) in [7, 11) is 0. The van der Waals surface area contributed by atoms with E-state index in [0.717, 1.165) is 12.2 Å². The van der Waals surface area contributed by atoms with E-state index in [4.69, 9.17) is 4.74 Å². The average molecular weight is 282 g/mol. The van der Waals surface area contributed by atoms with Gasteiger partial charge in [-0.2, -0.15) is 11.8 Å². The van der Waals surface area contributed by atoms with Gasteiger partial charge in [-0.05, 0) is 32.1 Å². The summed E-state index contributed by atoms with van der Waals surface area (Å²) in [6.07, 6.45) is 4.58. The molecule has 1 aromatic carbocycles. The maximum atomic E-state index is 10.9. The Morgan fingerprint density at radius 3 is 2.79 bits per heavy atom. The molecule has 1 aliphatic carbocycles. The van der Waals surface area contributed by atoms with E-state index in [1.54, 1.807) is 12.1 Å². The van der Waals surface area contributed by atoms with Gasteiger partial charge in [-0.15, -0.1) is 0 Å². The van der Waals surface area contributed by atoms with E-state index in [9.17, 15) is 10.1 Å². The number of hydrogen-bond donors (Lipinski definition) is 1. The van der Waals surface area contributed by atoms with Crippen LogP contribution in [0, 0.1) is 10.1 Å². The first-order valence-corrected chi connectivity index (χ1v) is 7.53. The lowest BCUT2D eigenvalue weighted by Crippen LogP contribution is -2.17. The fourth-order valence-electron chi connectivity index (χ4n) is 1.90. The molecule has 0 aromatic heterocycles. The first-order valence-electron chi connectivity index (χ1n) is 6.30. The maximum absolute atomic E-state index is 10.9. The minimum Gasteiger partial charge on any atom is -0.487 e. The molecule has 104 valence electrons. The van der Waals surface area contributed by atoms with E-state index >= 15 is 0 Å². The Morgan fingerprint density at radius 2 is 2.26 bits per heavy atom. The molecule has 0 spiro atoms. The van der Waals surface area contributed by atoms with Crippen LogP contribution in [0.4, 0.5) is 11.4 Å². The van der Waals surface area contributed by atoms with Gasteiger partial charge in [0.05, 0.1) is 11.5 Å². The van der Waals surface area contributed by atoms with Gasteiger partial charge in [0.1, 0.15) is 0 Å². The molecule has 6 heteroatoms. The van der Waals surface area contributed by atoms with Crippen molar-refractivity contribution in [3.63, 3.8) is 0 Å². The van der Waals surface area contributed by atoms with Crippen molar-refractivity contribution in [1.82, 2.24) is 0 Å². The Bertz CT molecular complexity index is 475. The monoisotopic (exact) mass is 282 g/mol. The molecule has 0 atom stereocenters. The van der Waals surface area contributed by atoms with Gasteiger partial charge in [0.15, 0.2) is 5.75 Å². The molecule has 19 heavy (non-hydrogen) atoms. The van der Waals surface area contributed by atoms with Crippen LogP contribution < -0.4 is 10.1 Å². The molecule has 0 bridgehead atoms. The molecule has 0 aliphatic heterocycles. The van der Waals surface area contributed by atoms with E-state index in [1.165, 1.54) is 18.9 Å². The second kappa shape index (κ2) is 5.69. The normalized spacial score (nSPS) is 15.9. The third-order valence-corrected chi connectivity index (χ3v) is 4.73. The fourth-order valence-corrected chi connectivity index (χ4v) is 2.63. The Kier molecular flexibility index (Phi) is 4.19. The molecule has 5 nitrogen and oxygen atoms in total. The van der Waals surface area contributed by atoms with E-state index in [-0.39, 0.29) is 5.69 Å². The van der Waals surface area contributed by atoms with Crippen LogP contribution in [0.2, 0.25) is 0 Å². The largest absolute Gasteiger partial charge is 0.487 e. The zero-order chi connectivity index (χ0) is 13.9. The minimum atomic E-state index is -0.418. The number of benzene rings is 1. The molecule has 0 heterocycles. The van der Waals surface area contributed by atoms with Gasteiger partial charge in [0.25, 0.3) is 0 Å². The van der Waals surface area contributed by atoms with Gasteiger partial charge in [0.2, 0.25) is 0 Å². The summed E-state index contributed by atoms with van der Waals surface area (Å²) in [5.74, 6) is 0.325. The van der Waals surface area contributed by atoms with Crippen molar-refractivity contribution in [2.45, 2.75) is 24.5 Å². The van der Waals surface area contributed by atoms with Gasteiger partial charge >= 0.3 is 5.69 Å². The first-order chi connectivity index (χ1) is 9.10. The van der Waals surface area contributed by atoms with E-state index in [0.29, 0.717) is 17.1 Å². The van der Waals surface area contributed by atoms with E-state index in [1.807, 2.05) is 18.7 Å². The Balaban J connectivity index is 2.09. The zero-order valence-corrected chi connectivity index (χ0v) is 12.0. The van der Waals surface area contributed by atoms with Crippen molar-refractivity contribution in [3.05, 3.63) is 28.3 Å². The lowest BCUT2D eigenvalue weighted by Gasteiger charge is -2.14. The van der Waals surface area contributed by atoms with Crippen molar-refractivity contribution in [2.75, 3.05) is 24.7 Å². The number of anilines is 1. The molecule has 1 fully saturated rings. The Labute approximate surface area is 116 Å². The lowest BCUT2D eigenvalue weighted by molar-refractivity contribution is -0.385. The highest BCUT2D eigenvalue weighted by Gasteiger charge is 2.41. The van der Waals surface area contributed by atoms with Crippen LogP contribution >= 0.6 is 11.8 Å². The number of nitro benzene ring substituents is 1. The van der Waals surface area contributed by atoms with Gasteiger partial charge in [-0.25, -0.2) is 0 Å². The molecule has 1 saturated carbocycles. The fraction of sp³-hybridized carbons (Fsp3) is 0.538. The molecular weight excluding hydrogens is 264 g/mol. The van der Waals surface area contributed by atoms with Crippen LogP contribution in [-0.2, 0) is 0 Å². The molecular formula is C13H18N2O3S. The van der Waals surface area contributed by atoms with Crippen LogP contribution in [0.25, 0.3) is 0 Å². The van der Waals surface area contributed by atoms with Gasteiger partial charge in [0, 0.05) is 29.1 Å². The van der Waals surface area contributed by atoms with Crippen LogP contribution in [0.1, 0.15) is 19.8 Å².